The summed E-state index contributed by atoms with van der Waals surface area (Å²) in [6, 6.07) is 12.3. The minimum absolute atomic E-state index is 0.0646. The average Bonchev–Trinajstić information content (AvgIpc) is 2.87. The molecule has 1 fully saturated rings. The first-order valence-corrected chi connectivity index (χ1v) is 8.95. The number of rotatable bonds is 5. The van der Waals surface area contributed by atoms with Gasteiger partial charge in [0.05, 0.1) is 18.8 Å². The third kappa shape index (κ3) is 3.96. The molecule has 2 N–H and O–H groups in total. The number of aromatic nitrogens is 1. The SMILES string of the molecule is Cc1c(C#N)c(NC(=O)C[NH+]2CCOCC2)n(Cc2ccccc2)c1C. The second kappa shape index (κ2) is 8.17. The van der Waals surface area contributed by atoms with E-state index >= 15 is 0 Å². The Morgan fingerprint density at radius 2 is 1.96 bits per heavy atom. The molecular weight excluding hydrogens is 328 g/mol. The van der Waals surface area contributed by atoms with Gasteiger partial charge in [-0.3, -0.25) is 4.79 Å². The van der Waals surface area contributed by atoms with Gasteiger partial charge in [-0.1, -0.05) is 30.3 Å². The van der Waals surface area contributed by atoms with Crippen LogP contribution in [0.2, 0.25) is 0 Å². The maximum absolute atomic E-state index is 12.6. The van der Waals surface area contributed by atoms with E-state index in [1.54, 1.807) is 0 Å². The van der Waals surface area contributed by atoms with Crippen molar-refractivity contribution in [3.63, 3.8) is 0 Å². The first kappa shape index (κ1) is 18.2. The highest BCUT2D eigenvalue weighted by molar-refractivity contribution is 5.92. The summed E-state index contributed by atoms with van der Waals surface area (Å²) < 4.78 is 7.36. The number of hydrogen-bond acceptors (Lipinski definition) is 3. The van der Waals surface area contributed by atoms with Crippen molar-refractivity contribution in [1.29, 1.82) is 5.26 Å². The van der Waals surface area contributed by atoms with Crippen molar-refractivity contribution < 1.29 is 14.4 Å². The van der Waals surface area contributed by atoms with Crippen LogP contribution >= 0.6 is 0 Å². The third-order valence-electron chi connectivity index (χ3n) is 4.99. The molecule has 1 aliphatic rings. The lowest BCUT2D eigenvalue weighted by Crippen LogP contribution is -3.15. The molecule has 0 saturated carbocycles. The number of quaternary nitrogens is 1. The minimum Gasteiger partial charge on any atom is -0.370 e. The molecule has 1 aromatic heterocycles. The number of anilines is 1. The Morgan fingerprint density at radius 3 is 2.62 bits per heavy atom. The van der Waals surface area contributed by atoms with Crippen LogP contribution in [-0.2, 0) is 16.1 Å². The number of amides is 1. The van der Waals surface area contributed by atoms with Crippen molar-refractivity contribution >= 4 is 11.7 Å². The number of nitrogens with one attached hydrogen (secondary N) is 2. The number of morpholine rings is 1. The summed E-state index contributed by atoms with van der Waals surface area (Å²) in [4.78, 5) is 13.8. The molecule has 1 saturated heterocycles. The average molecular weight is 353 g/mol. The lowest BCUT2D eigenvalue weighted by Gasteiger charge is -2.23. The Labute approximate surface area is 154 Å². The molecule has 0 unspecified atom stereocenters. The molecule has 136 valence electrons. The Balaban J connectivity index is 1.83. The minimum atomic E-state index is -0.0646. The fourth-order valence-corrected chi connectivity index (χ4v) is 3.33. The van der Waals surface area contributed by atoms with Crippen LogP contribution in [0.15, 0.2) is 30.3 Å². The normalized spacial score (nSPS) is 14.8. The van der Waals surface area contributed by atoms with Crippen molar-refractivity contribution in [2.45, 2.75) is 20.4 Å². The number of carbonyl (C=O) groups excluding carboxylic acids is 1. The number of hydrogen-bond donors (Lipinski definition) is 2. The molecule has 0 radical (unpaired) electrons. The standard InChI is InChI=1S/C20H24N4O2/c1-15-16(2)24(13-17-6-4-3-5-7-17)20(18(15)12-21)22-19(25)14-23-8-10-26-11-9-23/h3-7H,8-11,13-14H2,1-2H3,(H,22,25)/p+1. The van der Waals surface area contributed by atoms with Crippen molar-refractivity contribution in [2.24, 2.45) is 0 Å². The van der Waals surface area contributed by atoms with Gasteiger partial charge < -0.3 is 19.5 Å². The fourth-order valence-electron chi connectivity index (χ4n) is 3.33. The number of ether oxygens (including phenoxy) is 1. The molecule has 1 amide bonds. The van der Waals surface area contributed by atoms with Gasteiger partial charge in [0.1, 0.15) is 25.0 Å². The Kier molecular flexibility index (Phi) is 5.71. The van der Waals surface area contributed by atoms with Crippen molar-refractivity contribution in [1.82, 2.24) is 4.57 Å². The van der Waals surface area contributed by atoms with Crippen LogP contribution in [0.4, 0.5) is 5.82 Å². The van der Waals surface area contributed by atoms with E-state index < -0.39 is 0 Å². The maximum atomic E-state index is 12.6. The van der Waals surface area contributed by atoms with E-state index in [0.29, 0.717) is 37.7 Å². The quantitative estimate of drug-likeness (QED) is 0.838. The first-order chi connectivity index (χ1) is 12.6. The summed E-state index contributed by atoms with van der Waals surface area (Å²) in [5, 5.41) is 12.6. The summed E-state index contributed by atoms with van der Waals surface area (Å²) in [6.07, 6.45) is 0. The topological polar surface area (TPSA) is 71.5 Å². The second-order valence-corrected chi connectivity index (χ2v) is 6.70. The van der Waals surface area contributed by atoms with Crippen molar-refractivity contribution in [3.05, 3.63) is 52.7 Å². The molecule has 3 rings (SSSR count). The third-order valence-corrected chi connectivity index (χ3v) is 4.99. The van der Waals surface area contributed by atoms with E-state index in [1.165, 1.54) is 4.90 Å². The molecule has 0 bridgehead atoms. The number of nitriles is 1. The van der Waals surface area contributed by atoms with Crippen LogP contribution in [-0.4, -0.2) is 43.3 Å². The highest BCUT2D eigenvalue weighted by atomic mass is 16.5. The highest BCUT2D eigenvalue weighted by Crippen LogP contribution is 2.27. The molecule has 6 heteroatoms. The molecule has 2 heterocycles. The number of benzene rings is 1. The molecule has 0 atom stereocenters. The van der Waals surface area contributed by atoms with E-state index in [4.69, 9.17) is 4.74 Å². The van der Waals surface area contributed by atoms with E-state index in [2.05, 4.69) is 11.4 Å². The van der Waals surface area contributed by atoms with Gasteiger partial charge in [-0.15, -0.1) is 0 Å². The lowest BCUT2D eigenvalue weighted by molar-refractivity contribution is -0.899. The van der Waals surface area contributed by atoms with Gasteiger partial charge in [0.15, 0.2) is 6.54 Å². The predicted molar refractivity (Wildman–Crippen MR) is 99.2 cm³/mol. The van der Waals surface area contributed by atoms with E-state index in [-0.39, 0.29) is 5.91 Å². The molecule has 2 aromatic rings. The zero-order valence-electron chi connectivity index (χ0n) is 15.3. The molecule has 1 aliphatic heterocycles. The molecule has 1 aromatic carbocycles. The maximum Gasteiger partial charge on any atom is 0.280 e. The smallest absolute Gasteiger partial charge is 0.280 e. The van der Waals surface area contributed by atoms with Crippen LogP contribution < -0.4 is 10.2 Å². The predicted octanol–water partition coefficient (Wildman–Crippen LogP) is 0.879. The molecule has 6 nitrogen and oxygen atoms in total. The molecular formula is C20H25N4O2+. The second-order valence-electron chi connectivity index (χ2n) is 6.70. The van der Waals surface area contributed by atoms with Crippen LogP contribution in [0.3, 0.4) is 0 Å². The molecule has 0 spiro atoms. The molecule has 0 aliphatic carbocycles. The summed E-state index contributed by atoms with van der Waals surface area (Å²) in [5.74, 6) is 0.536. The van der Waals surface area contributed by atoms with Gasteiger partial charge in [-0.05, 0) is 25.0 Å². The van der Waals surface area contributed by atoms with E-state index in [1.807, 2.05) is 48.7 Å². The fraction of sp³-hybridized carbons (Fsp3) is 0.400. The Morgan fingerprint density at radius 1 is 1.27 bits per heavy atom. The Hall–Kier alpha value is -2.62. The molecule has 26 heavy (non-hydrogen) atoms. The largest absolute Gasteiger partial charge is 0.370 e. The van der Waals surface area contributed by atoms with Gasteiger partial charge in [0.25, 0.3) is 5.91 Å². The lowest BCUT2D eigenvalue weighted by atomic mass is 10.2. The summed E-state index contributed by atoms with van der Waals surface area (Å²) in [6.45, 7) is 7.98. The van der Waals surface area contributed by atoms with Crippen LogP contribution in [0.25, 0.3) is 0 Å². The zero-order chi connectivity index (χ0) is 18.5. The summed E-state index contributed by atoms with van der Waals surface area (Å²) in [5.41, 5.74) is 3.59. The van der Waals surface area contributed by atoms with Crippen LogP contribution in [0, 0.1) is 25.2 Å². The van der Waals surface area contributed by atoms with Crippen LogP contribution in [0.5, 0.6) is 0 Å². The monoisotopic (exact) mass is 353 g/mol. The number of nitrogens with zero attached hydrogens (tertiary/aromatic N) is 2. The van der Waals surface area contributed by atoms with E-state index in [9.17, 15) is 10.1 Å². The van der Waals surface area contributed by atoms with Gasteiger partial charge in [0.2, 0.25) is 0 Å². The van der Waals surface area contributed by atoms with Gasteiger partial charge in [0, 0.05) is 12.2 Å². The summed E-state index contributed by atoms with van der Waals surface area (Å²) >= 11 is 0. The zero-order valence-corrected chi connectivity index (χ0v) is 15.3. The highest BCUT2D eigenvalue weighted by Gasteiger charge is 2.22. The van der Waals surface area contributed by atoms with Crippen molar-refractivity contribution in [2.75, 3.05) is 38.2 Å². The Bertz CT molecular complexity index is 815. The van der Waals surface area contributed by atoms with Crippen LogP contribution in [0.1, 0.15) is 22.4 Å². The first-order valence-electron chi connectivity index (χ1n) is 8.95. The van der Waals surface area contributed by atoms with Gasteiger partial charge in [-0.25, -0.2) is 0 Å². The van der Waals surface area contributed by atoms with E-state index in [0.717, 1.165) is 29.9 Å². The van der Waals surface area contributed by atoms with Gasteiger partial charge in [-0.2, -0.15) is 5.26 Å². The summed E-state index contributed by atoms with van der Waals surface area (Å²) in [7, 11) is 0. The van der Waals surface area contributed by atoms with Crippen molar-refractivity contribution in [3.8, 4) is 6.07 Å². The van der Waals surface area contributed by atoms with Gasteiger partial charge >= 0.3 is 0 Å². The number of carbonyl (C=O) groups is 1.